The molecule has 1 heterocycles. The van der Waals surface area contributed by atoms with Crippen molar-refractivity contribution < 1.29 is 4.79 Å². The molecular weight excluding hydrogens is 266 g/mol. The molecule has 2 aromatic rings. The van der Waals surface area contributed by atoms with Gasteiger partial charge in [-0.05, 0) is 38.3 Å². The van der Waals surface area contributed by atoms with Gasteiger partial charge in [-0.25, -0.2) is 4.98 Å². The minimum atomic E-state index is -0.303. The average molecular weight is 285 g/mol. The van der Waals surface area contributed by atoms with E-state index in [0.29, 0.717) is 12.2 Å². The number of carbonyl (C=O) groups is 1. The van der Waals surface area contributed by atoms with E-state index in [2.05, 4.69) is 20.5 Å². The lowest BCUT2D eigenvalue weighted by atomic mass is 9.75. The molecule has 21 heavy (non-hydrogen) atoms. The Morgan fingerprint density at radius 1 is 1.48 bits per heavy atom. The lowest BCUT2D eigenvalue weighted by Gasteiger charge is -2.37. The number of H-pyrrole nitrogens is 1. The Kier molecular flexibility index (Phi) is 3.47. The number of aromatic amines is 1. The highest BCUT2D eigenvalue weighted by Gasteiger charge is 2.34. The van der Waals surface area contributed by atoms with Crippen LogP contribution < -0.4 is 11.1 Å². The van der Waals surface area contributed by atoms with Gasteiger partial charge in [-0.15, -0.1) is 0 Å². The molecule has 0 atom stereocenters. The van der Waals surface area contributed by atoms with Gasteiger partial charge in [0.25, 0.3) is 0 Å². The van der Waals surface area contributed by atoms with Crippen LogP contribution >= 0.6 is 0 Å². The molecule has 1 aliphatic rings. The molecule has 0 spiro atoms. The lowest BCUT2D eigenvalue weighted by Crippen LogP contribution is -2.48. The summed E-state index contributed by atoms with van der Waals surface area (Å²) in [7, 11) is 0. The van der Waals surface area contributed by atoms with Gasteiger partial charge < -0.3 is 11.1 Å². The maximum Gasteiger partial charge on any atom is 0.226 e. The molecule has 1 aromatic carbocycles. The van der Waals surface area contributed by atoms with Crippen LogP contribution in [0.2, 0.25) is 0 Å². The molecule has 1 aromatic heterocycles. The van der Waals surface area contributed by atoms with E-state index in [4.69, 9.17) is 5.73 Å². The number of benzene rings is 1. The minimum absolute atomic E-state index is 0.0412. The number of hydrogen-bond donors (Lipinski definition) is 3. The molecule has 3 rings (SSSR count). The topological polar surface area (TPSA) is 96.7 Å². The highest BCUT2D eigenvalue weighted by atomic mass is 16.1. The number of nitrogens with two attached hydrogens (primary N) is 1. The van der Waals surface area contributed by atoms with Crippen LogP contribution in [-0.4, -0.2) is 26.6 Å². The Morgan fingerprint density at radius 3 is 2.90 bits per heavy atom. The molecule has 6 nitrogen and oxygen atoms in total. The molecule has 1 saturated carbocycles. The second-order valence-electron chi connectivity index (χ2n) is 5.77. The van der Waals surface area contributed by atoms with Gasteiger partial charge in [0.05, 0.1) is 0 Å². The van der Waals surface area contributed by atoms with Crippen LogP contribution in [0.25, 0.3) is 11.4 Å². The Bertz CT molecular complexity index is 660. The highest BCUT2D eigenvalue weighted by molar-refractivity contribution is 5.92. The van der Waals surface area contributed by atoms with Crippen molar-refractivity contribution >= 4 is 11.6 Å². The maximum atomic E-state index is 12.0. The smallest absolute Gasteiger partial charge is 0.226 e. The van der Waals surface area contributed by atoms with Crippen molar-refractivity contribution in [3.63, 3.8) is 0 Å². The largest absolute Gasteiger partial charge is 0.326 e. The first-order valence-corrected chi connectivity index (χ1v) is 7.12. The average Bonchev–Trinajstić information content (AvgIpc) is 2.84. The summed E-state index contributed by atoms with van der Waals surface area (Å²) in [6.45, 7) is 1.85. The fraction of sp³-hybridized carbons (Fsp3) is 0.400. The number of rotatable bonds is 4. The summed E-state index contributed by atoms with van der Waals surface area (Å²) in [6, 6.07) is 7.50. The summed E-state index contributed by atoms with van der Waals surface area (Å²) in [5.41, 5.74) is 7.40. The summed E-state index contributed by atoms with van der Waals surface area (Å²) in [5, 5.41) is 9.83. The summed E-state index contributed by atoms with van der Waals surface area (Å²) in [4.78, 5) is 16.3. The van der Waals surface area contributed by atoms with Crippen LogP contribution in [0.5, 0.6) is 0 Å². The van der Waals surface area contributed by atoms with Crippen molar-refractivity contribution in [1.29, 1.82) is 0 Å². The molecule has 6 heteroatoms. The van der Waals surface area contributed by atoms with Crippen LogP contribution in [0.4, 0.5) is 5.69 Å². The number of aromatic nitrogens is 3. The first-order valence-electron chi connectivity index (χ1n) is 7.12. The minimum Gasteiger partial charge on any atom is -0.326 e. The second-order valence-corrected chi connectivity index (χ2v) is 5.77. The molecular formula is C15H19N5O. The van der Waals surface area contributed by atoms with E-state index >= 15 is 0 Å². The van der Waals surface area contributed by atoms with Crippen molar-refractivity contribution in [3.05, 3.63) is 30.1 Å². The van der Waals surface area contributed by atoms with Crippen molar-refractivity contribution in [2.45, 2.75) is 38.1 Å². The van der Waals surface area contributed by atoms with E-state index in [1.54, 1.807) is 0 Å². The monoisotopic (exact) mass is 285 g/mol. The Morgan fingerprint density at radius 2 is 2.29 bits per heavy atom. The number of anilines is 1. The number of amides is 1. The number of hydrogen-bond acceptors (Lipinski definition) is 4. The van der Waals surface area contributed by atoms with E-state index in [-0.39, 0.29) is 11.4 Å². The van der Waals surface area contributed by atoms with Gasteiger partial charge in [0.1, 0.15) is 5.82 Å². The normalized spacial score (nSPS) is 16.3. The zero-order valence-electron chi connectivity index (χ0n) is 12.0. The van der Waals surface area contributed by atoms with Gasteiger partial charge in [-0.2, -0.15) is 5.10 Å². The summed E-state index contributed by atoms with van der Waals surface area (Å²) in [5.74, 6) is 1.34. The van der Waals surface area contributed by atoms with E-state index in [0.717, 1.165) is 36.3 Å². The summed E-state index contributed by atoms with van der Waals surface area (Å²) >= 11 is 0. The van der Waals surface area contributed by atoms with Crippen molar-refractivity contribution in [2.24, 2.45) is 5.73 Å². The van der Waals surface area contributed by atoms with Gasteiger partial charge in [0.15, 0.2) is 5.82 Å². The molecule has 1 aliphatic carbocycles. The predicted molar refractivity (Wildman–Crippen MR) is 80.6 cm³/mol. The number of carbonyl (C=O) groups excluding carboxylic acids is 1. The first kappa shape index (κ1) is 13.8. The number of nitrogens with zero attached hydrogens (tertiary/aromatic N) is 2. The van der Waals surface area contributed by atoms with E-state index in [1.165, 1.54) is 0 Å². The van der Waals surface area contributed by atoms with Crippen LogP contribution in [0.3, 0.4) is 0 Å². The fourth-order valence-corrected chi connectivity index (χ4v) is 2.54. The zero-order chi connectivity index (χ0) is 14.9. The number of aryl methyl sites for hydroxylation is 1. The lowest BCUT2D eigenvalue weighted by molar-refractivity contribution is -0.118. The predicted octanol–water partition coefficient (Wildman–Crippen LogP) is 1.99. The third-order valence-electron chi connectivity index (χ3n) is 3.86. The van der Waals surface area contributed by atoms with E-state index in [9.17, 15) is 4.79 Å². The molecule has 110 valence electrons. The van der Waals surface area contributed by atoms with Crippen molar-refractivity contribution in [1.82, 2.24) is 15.2 Å². The van der Waals surface area contributed by atoms with Gasteiger partial charge in [0, 0.05) is 23.2 Å². The van der Waals surface area contributed by atoms with Crippen LogP contribution in [0.15, 0.2) is 24.3 Å². The Labute approximate surface area is 123 Å². The molecule has 0 aliphatic heterocycles. The SMILES string of the molecule is Cc1nc(-c2cccc(NC(=O)CC3(N)CCC3)c2)n[nH]1. The zero-order valence-corrected chi connectivity index (χ0v) is 12.0. The molecule has 4 N–H and O–H groups in total. The van der Waals surface area contributed by atoms with Gasteiger partial charge in [-0.1, -0.05) is 12.1 Å². The fourth-order valence-electron chi connectivity index (χ4n) is 2.54. The molecule has 0 unspecified atom stereocenters. The highest BCUT2D eigenvalue weighted by Crippen LogP contribution is 2.32. The number of nitrogens with one attached hydrogen (secondary N) is 2. The molecule has 1 amide bonds. The van der Waals surface area contributed by atoms with Crippen LogP contribution in [0, 0.1) is 6.92 Å². The third kappa shape index (κ3) is 3.11. The first-order chi connectivity index (χ1) is 10.0. The van der Waals surface area contributed by atoms with Crippen molar-refractivity contribution in [2.75, 3.05) is 5.32 Å². The standard InChI is InChI=1S/C15H19N5O/c1-10-17-14(20-19-10)11-4-2-5-12(8-11)18-13(21)9-15(16)6-3-7-15/h2,4-5,8H,3,6-7,9,16H2,1H3,(H,18,21)(H,17,19,20). The van der Waals surface area contributed by atoms with Crippen LogP contribution in [0.1, 0.15) is 31.5 Å². The molecule has 0 bridgehead atoms. The third-order valence-corrected chi connectivity index (χ3v) is 3.86. The maximum absolute atomic E-state index is 12.0. The van der Waals surface area contributed by atoms with E-state index < -0.39 is 0 Å². The van der Waals surface area contributed by atoms with E-state index in [1.807, 2.05) is 31.2 Å². The molecule has 1 fully saturated rings. The summed E-state index contributed by atoms with van der Waals surface area (Å²) in [6.07, 6.45) is 3.34. The van der Waals surface area contributed by atoms with Gasteiger partial charge >= 0.3 is 0 Å². The summed E-state index contributed by atoms with van der Waals surface area (Å²) < 4.78 is 0. The van der Waals surface area contributed by atoms with Crippen LogP contribution in [-0.2, 0) is 4.79 Å². The molecule has 0 saturated heterocycles. The molecule has 0 radical (unpaired) electrons. The second kappa shape index (κ2) is 5.29. The quantitative estimate of drug-likeness (QED) is 0.800. The van der Waals surface area contributed by atoms with Gasteiger partial charge in [-0.3, -0.25) is 9.89 Å². The Hall–Kier alpha value is -2.21. The Balaban J connectivity index is 1.70. The van der Waals surface area contributed by atoms with Crippen molar-refractivity contribution in [3.8, 4) is 11.4 Å². The van der Waals surface area contributed by atoms with Gasteiger partial charge in [0.2, 0.25) is 5.91 Å².